The van der Waals surface area contributed by atoms with E-state index in [4.69, 9.17) is 5.26 Å². The lowest BCUT2D eigenvalue weighted by molar-refractivity contribution is -0.116. The normalized spacial score (nSPS) is 14.4. The molecule has 1 aromatic carbocycles. The molecule has 0 unspecified atom stereocenters. The Morgan fingerprint density at radius 1 is 1.56 bits per heavy atom. The van der Waals surface area contributed by atoms with Gasteiger partial charge in [0.25, 0.3) is 5.24 Å². The second kappa shape index (κ2) is 5.56. The summed E-state index contributed by atoms with van der Waals surface area (Å²) < 4.78 is 0. The van der Waals surface area contributed by atoms with Crippen LogP contribution in [0.1, 0.15) is 5.56 Å². The number of amides is 2. The zero-order valence-corrected chi connectivity index (χ0v) is 10.4. The van der Waals surface area contributed by atoms with Gasteiger partial charge in [-0.15, -0.1) is 0 Å². The molecule has 1 heterocycles. The summed E-state index contributed by atoms with van der Waals surface area (Å²) in [6, 6.07) is 8.67. The first-order valence-electron chi connectivity index (χ1n) is 5.41. The number of nitrogens with zero attached hydrogens (tertiary/aromatic N) is 2. The van der Waals surface area contributed by atoms with Gasteiger partial charge >= 0.3 is 0 Å². The van der Waals surface area contributed by atoms with Crippen molar-refractivity contribution in [1.29, 1.82) is 5.26 Å². The highest BCUT2D eigenvalue weighted by atomic mass is 32.2. The highest BCUT2D eigenvalue weighted by molar-refractivity contribution is 8.13. The second-order valence-electron chi connectivity index (χ2n) is 3.78. The van der Waals surface area contributed by atoms with Gasteiger partial charge in [0.1, 0.15) is 6.54 Å². The van der Waals surface area contributed by atoms with Crippen LogP contribution in [0.15, 0.2) is 24.3 Å². The van der Waals surface area contributed by atoms with Crippen LogP contribution in [0.2, 0.25) is 0 Å². The number of carbonyl (C=O) groups excluding carboxylic acids is 2. The highest BCUT2D eigenvalue weighted by Crippen LogP contribution is 2.17. The third-order valence-electron chi connectivity index (χ3n) is 2.45. The van der Waals surface area contributed by atoms with Crippen molar-refractivity contribution in [3.05, 3.63) is 29.8 Å². The third-order valence-corrected chi connectivity index (χ3v) is 3.35. The van der Waals surface area contributed by atoms with Crippen LogP contribution >= 0.6 is 11.8 Å². The molecule has 1 aromatic rings. The molecule has 1 aliphatic heterocycles. The molecule has 1 saturated heterocycles. The number of benzene rings is 1. The van der Waals surface area contributed by atoms with E-state index >= 15 is 0 Å². The molecular formula is C12H11N3O2S. The first-order chi connectivity index (χ1) is 8.69. The van der Waals surface area contributed by atoms with Crippen molar-refractivity contribution in [1.82, 2.24) is 4.90 Å². The number of hydrogen-bond acceptors (Lipinski definition) is 4. The molecule has 6 heteroatoms. The molecule has 92 valence electrons. The summed E-state index contributed by atoms with van der Waals surface area (Å²) in [4.78, 5) is 24.6. The molecule has 1 fully saturated rings. The summed E-state index contributed by atoms with van der Waals surface area (Å²) in [7, 11) is 0. The van der Waals surface area contributed by atoms with Gasteiger partial charge < -0.3 is 10.2 Å². The fraction of sp³-hybridized carbons (Fsp3) is 0.250. The van der Waals surface area contributed by atoms with Crippen LogP contribution < -0.4 is 5.32 Å². The monoisotopic (exact) mass is 261 g/mol. The van der Waals surface area contributed by atoms with Gasteiger partial charge in [0, 0.05) is 18.0 Å². The quantitative estimate of drug-likeness (QED) is 0.898. The van der Waals surface area contributed by atoms with E-state index in [1.165, 1.54) is 16.7 Å². The van der Waals surface area contributed by atoms with Crippen molar-refractivity contribution in [2.75, 3.05) is 24.2 Å². The Morgan fingerprint density at radius 2 is 2.39 bits per heavy atom. The Hall–Kier alpha value is -2.00. The average Bonchev–Trinajstić information content (AvgIpc) is 2.75. The van der Waals surface area contributed by atoms with Crippen LogP contribution in [-0.2, 0) is 4.79 Å². The molecule has 0 aromatic heterocycles. The van der Waals surface area contributed by atoms with Crippen molar-refractivity contribution >= 4 is 28.6 Å². The largest absolute Gasteiger partial charge is 0.325 e. The molecule has 0 bridgehead atoms. The topological polar surface area (TPSA) is 73.2 Å². The first-order valence-corrected chi connectivity index (χ1v) is 6.39. The van der Waals surface area contributed by atoms with Crippen molar-refractivity contribution in [2.24, 2.45) is 0 Å². The maximum absolute atomic E-state index is 11.7. The lowest BCUT2D eigenvalue weighted by Crippen LogP contribution is -2.33. The van der Waals surface area contributed by atoms with E-state index in [0.717, 1.165) is 5.75 Å². The fourth-order valence-electron chi connectivity index (χ4n) is 1.61. The van der Waals surface area contributed by atoms with Gasteiger partial charge in [-0.1, -0.05) is 17.8 Å². The minimum Gasteiger partial charge on any atom is -0.325 e. The van der Waals surface area contributed by atoms with Crippen molar-refractivity contribution in [3.63, 3.8) is 0 Å². The second-order valence-corrected chi connectivity index (χ2v) is 4.82. The zero-order chi connectivity index (χ0) is 13.0. The molecular weight excluding hydrogens is 250 g/mol. The molecule has 2 rings (SSSR count). The van der Waals surface area contributed by atoms with E-state index in [9.17, 15) is 9.59 Å². The molecule has 1 aliphatic rings. The summed E-state index contributed by atoms with van der Waals surface area (Å²) in [5, 5.41) is 11.4. The molecule has 0 radical (unpaired) electrons. The first kappa shape index (κ1) is 12.5. The predicted molar refractivity (Wildman–Crippen MR) is 69.2 cm³/mol. The van der Waals surface area contributed by atoms with Gasteiger partial charge in [0.15, 0.2) is 0 Å². The Balaban J connectivity index is 1.94. The van der Waals surface area contributed by atoms with Crippen LogP contribution in [0, 0.1) is 11.3 Å². The Kier molecular flexibility index (Phi) is 3.85. The number of anilines is 1. The molecule has 18 heavy (non-hydrogen) atoms. The zero-order valence-electron chi connectivity index (χ0n) is 9.55. The molecule has 0 saturated carbocycles. The maximum Gasteiger partial charge on any atom is 0.282 e. The van der Waals surface area contributed by atoms with E-state index < -0.39 is 0 Å². The van der Waals surface area contributed by atoms with Crippen LogP contribution in [0.3, 0.4) is 0 Å². The Bertz CT molecular complexity index is 524. The highest BCUT2D eigenvalue weighted by Gasteiger charge is 2.23. The van der Waals surface area contributed by atoms with Crippen LogP contribution in [-0.4, -0.2) is 34.9 Å². The van der Waals surface area contributed by atoms with Gasteiger partial charge in [0.05, 0.1) is 11.6 Å². The Morgan fingerprint density at radius 3 is 3.06 bits per heavy atom. The van der Waals surface area contributed by atoms with Crippen molar-refractivity contribution < 1.29 is 9.59 Å². The minimum absolute atomic E-state index is 0.0581. The number of nitriles is 1. The van der Waals surface area contributed by atoms with E-state index in [0.29, 0.717) is 17.8 Å². The summed E-state index contributed by atoms with van der Waals surface area (Å²) in [6.07, 6.45) is 0. The lowest BCUT2D eigenvalue weighted by atomic mass is 10.2. The van der Waals surface area contributed by atoms with Crippen molar-refractivity contribution in [3.8, 4) is 6.07 Å². The number of nitrogens with one attached hydrogen (secondary N) is 1. The smallest absolute Gasteiger partial charge is 0.282 e. The SMILES string of the molecule is N#Cc1cccc(NC(=O)CN2CCSC2=O)c1. The molecule has 2 amide bonds. The Labute approximate surface area is 109 Å². The maximum atomic E-state index is 11.7. The van der Waals surface area contributed by atoms with Gasteiger partial charge in [-0.2, -0.15) is 5.26 Å². The standard InChI is InChI=1S/C12H11N3O2S/c13-7-9-2-1-3-10(6-9)14-11(16)8-15-4-5-18-12(15)17/h1-3,6H,4-5,8H2,(H,14,16). The number of rotatable bonds is 3. The van der Waals surface area contributed by atoms with E-state index in [1.807, 2.05) is 6.07 Å². The summed E-state index contributed by atoms with van der Waals surface area (Å²) in [6.45, 7) is 0.664. The van der Waals surface area contributed by atoms with E-state index in [-0.39, 0.29) is 17.7 Å². The number of thioether (sulfide) groups is 1. The summed E-state index contributed by atoms with van der Waals surface area (Å²) >= 11 is 1.22. The van der Waals surface area contributed by atoms with Crippen molar-refractivity contribution in [2.45, 2.75) is 0 Å². The van der Waals surface area contributed by atoms with Crippen LogP contribution in [0.25, 0.3) is 0 Å². The number of hydrogen-bond donors (Lipinski definition) is 1. The summed E-state index contributed by atoms with van der Waals surface area (Å²) in [5.41, 5.74) is 1.05. The van der Waals surface area contributed by atoms with Gasteiger partial charge in [0.2, 0.25) is 5.91 Å². The molecule has 0 spiro atoms. The number of carbonyl (C=O) groups is 2. The predicted octanol–water partition coefficient (Wildman–Crippen LogP) is 1.67. The minimum atomic E-state index is -0.249. The van der Waals surface area contributed by atoms with Gasteiger partial charge in [-0.05, 0) is 18.2 Å². The molecule has 0 atom stereocenters. The average molecular weight is 261 g/mol. The molecule has 0 aliphatic carbocycles. The molecule has 1 N–H and O–H groups in total. The fourth-order valence-corrected chi connectivity index (χ4v) is 2.43. The van der Waals surface area contributed by atoms with Gasteiger partial charge in [-0.3, -0.25) is 9.59 Å². The lowest BCUT2D eigenvalue weighted by Gasteiger charge is -2.14. The molecule has 5 nitrogen and oxygen atoms in total. The third kappa shape index (κ3) is 3.02. The van der Waals surface area contributed by atoms with Gasteiger partial charge in [-0.25, -0.2) is 0 Å². The van der Waals surface area contributed by atoms with Crippen LogP contribution in [0.5, 0.6) is 0 Å². The summed E-state index contributed by atoms with van der Waals surface area (Å²) in [5.74, 6) is 0.483. The van der Waals surface area contributed by atoms with E-state index in [2.05, 4.69) is 5.32 Å². The van der Waals surface area contributed by atoms with E-state index in [1.54, 1.807) is 24.3 Å². The van der Waals surface area contributed by atoms with Crippen LogP contribution in [0.4, 0.5) is 10.5 Å².